The van der Waals surface area contributed by atoms with Crippen LogP contribution in [0.15, 0.2) is 30.3 Å². The average molecular weight is 205 g/mol. The van der Waals surface area contributed by atoms with Gasteiger partial charge in [0.05, 0.1) is 12.7 Å². The van der Waals surface area contributed by atoms with Crippen LogP contribution in [0.2, 0.25) is 0 Å². The molecule has 0 unspecified atom stereocenters. The third-order valence-electron chi connectivity index (χ3n) is 1.91. The summed E-state index contributed by atoms with van der Waals surface area (Å²) in [7, 11) is 2.80. The van der Waals surface area contributed by atoms with Crippen molar-refractivity contribution in [1.82, 2.24) is 5.06 Å². The highest BCUT2D eigenvalue weighted by Crippen LogP contribution is 2.01. The van der Waals surface area contributed by atoms with E-state index in [0.29, 0.717) is 5.56 Å². The molecule has 0 fully saturated rings. The first kappa shape index (κ1) is 11.1. The summed E-state index contributed by atoms with van der Waals surface area (Å²) >= 11 is 0. The van der Waals surface area contributed by atoms with Crippen LogP contribution in [0, 0.1) is 0 Å². The van der Waals surface area contributed by atoms with Crippen LogP contribution in [0.3, 0.4) is 0 Å². The van der Waals surface area contributed by atoms with Gasteiger partial charge < -0.3 is 5.53 Å². The van der Waals surface area contributed by atoms with E-state index in [4.69, 9.17) is 10.4 Å². The minimum atomic E-state index is -0.508. The second-order valence-electron chi connectivity index (χ2n) is 2.80. The van der Waals surface area contributed by atoms with Crippen LogP contribution >= 0.6 is 0 Å². The van der Waals surface area contributed by atoms with Gasteiger partial charge in [0, 0.05) is 7.05 Å². The molecule has 0 aliphatic heterocycles. The van der Waals surface area contributed by atoms with Gasteiger partial charge in [0.25, 0.3) is 0 Å². The van der Waals surface area contributed by atoms with Crippen LogP contribution in [0.1, 0.15) is 5.56 Å². The molecule has 0 aliphatic carbocycles. The van der Waals surface area contributed by atoms with Crippen LogP contribution in [-0.4, -0.2) is 35.6 Å². The third kappa shape index (κ3) is 2.49. The fourth-order valence-corrected chi connectivity index (χ4v) is 1.05. The minimum absolute atomic E-state index is 0.0556. The van der Waals surface area contributed by atoms with Gasteiger partial charge in [-0.05, 0) is 12.1 Å². The quantitative estimate of drug-likeness (QED) is 0.316. The Bertz CT molecular complexity index is 396. The van der Waals surface area contributed by atoms with E-state index < -0.39 is 5.91 Å². The molecule has 0 spiro atoms. The van der Waals surface area contributed by atoms with E-state index in [9.17, 15) is 4.79 Å². The lowest BCUT2D eigenvalue weighted by Crippen LogP contribution is -2.33. The van der Waals surface area contributed by atoms with Crippen molar-refractivity contribution in [2.24, 2.45) is 0 Å². The molecule has 15 heavy (non-hydrogen) atoms. The summed E-state index contributed by atoms with van der Waals surface area (Å²) in [6, 6.07) is 8.66. The largest absolute Gasteiger partial charge is 0.388 e. The Morgan fingerprint density at radius 3 is 2.47 bits per heavy atom. The van der Waals surface area contributed by atoms with Gasteiger partial charge >= 0.3 is 11.6 Å². The number of hydroxylamine groups is 2. The highest BCUT2D eigenvalue weighted by molar-refractivity contribution is 6.42. The van der Waals surface area contributed by atoms with Gasteiger partial charge in [0.2, 0.25) is 0 Å². The maximum atomic E-state index is 11.6. The summed E-state index contributed by atoms with van der Waals surface area (Å²) in [5.41, 5.74) is 9.26. The fraction of sp³-hybridized carbons (Fsp3) is 0.200. The average Bonchev–Trinajstić information content (AvgIpc) is 2.30. The topological polar surface area (TPSA) is 65.9 Å². The van der Waals surface area contributed by atoms with Crippen molar-refractivity contribution in [2.45, 2.75) is 0 Å². The normalized spacial score (nSPS) is 9.20. The predicted molar refractivity (Wildman–Crippen MR) is 53.9 cm³/mol. The molecule has 0 N–H and O–H groups in total. The molecular weight excluding hydrogens is 194 g/mol. The zero-order valence-corrected chi connectivity index (χ0v) is 8.54. The second-order valence-corrected chi connectivity index (χ2v) is 2.80. The lowest BCUT2D eigenvalue weighted by molar-refractivity contribution is -0.164. The molecule has 1 aromatic carbocycles. The molecule has 0 saturated carbocycles. The molecule has 1 rings (SSSR count). The van der Waals surface area contributed by atoms with Crippen LogP contribution in [-0.2, 0) is 9.63 Å². The summed E-state index contributed by atoms with van der Waals surface area (Å²) in [5.74, 6) is -0.508. The summed E-state index contributed by atoms with van der Waals surface area (Å²) in [4.78, 5) is 19.3. The smallest absolute Gasteiger partial charge is 0.361 e. The third-order valence-corrected chi connectivity index (χ3v) is 1.91. The van der Waals surface area contributed by atoms with Gasteiger partial charge in [0.1, 0.15) is 0 Å². The van der Waals surface area contributed by atoms with E-state index in [1.807, 2.05) is 6.07 Å². The van der Waals surface area contributed by atoms with Crippen molar-refractivity contribution in [3.63, 3.8) is 0 Å². The van der Waals surface area contributed by atoms with Crippen molar-refractivity contribution in [2.75, 3.05) is 14.2 Å². The van der Waals surface area contributed by atoms with Crippen LogP contribution in [0.5, 0.6) is 0 Å². The van der Waals surface area contributed by atoms with E-state index in [1.54, 1.807) is 24.3 Å². The molecule has 1 aromatic rings. The minimum Gasteiger partial charge on any atom is -0.361 e. The zero-order chi connectivity index (χ0) is 11.3. The maximum absolute atomic E-state index is 11.6. The molecule has 0 atom stereocenters. The monoisotopic (exact) mass is 205 g/mol. The Morgan fingerprint density at radius 1 is 1.40 bits per heavy atom. The van der Waals surface area contributed by atoms with Gasteiger partial charge in [-0.1, -0.05) is 18.2 Å². The Balaban J connectivity index is 3.02. The van der Waals surface area contributed by atoms with Crippen LogP contribution in [0.25, 0.3) is 5.53 Å². The summed E-state index contributed by atoms with van der Waals surface area (Å²) < 4.78 is 0. The predicted octanol–water partition coefficient (Wildman–Crippen LogP) is 0.725. The Labute approximate surface area is 87.5 Å². The van der Waals surface area contributed by atoms with E-state index in [-0.39, 0.29) is 5.71 Å². The number of rotatable bonds is 3. The molecule has 5 nitrogen and oxygen atoms in total. The Hall–Kier alpha value is -1.97. The van der Waals surface area contributed by atoms with Gasteiger partial charge in [-0.3, -0.25) is 9.63 Å². The van der Waals surface area contributed by atoms with Crippen molar-refractivity contribution in [3.05, 3.63) is 41.4 Å². The molecule has 0 heterocycles. The SMILES string of the molecule is CON(C)C(=O)C(=[N+]=[N-])c1ccccc1. The van der Waals surface area contributed by atoms with E-state index >= 15 is 0 Å². The summed E-state index contributed by atoms with van der Waals surface area (Å²) in [5, 5.41) is 0.988. The number of hydrogen-bond donors (Lipinski definition) is 0. The van der Waals surface area contributed by atoms with Crippen molar-refractivity contribution < 1.29 is 14.4 Å². The number of likely N-dealkylation sites (N-methyl/N-ethyl adjacent to an activating group) is 1. The van der Waals surface area contributed by atoms with Crippen LogP contribution in [0.4, 0.5) is 0 Å². The second kappa shape index (κ2) is 5.05. The lowest BCUT2D eigenvalue weighted by Gasteiger charge is -2.09. The van der Waals surface area contributed by atoms with E-state index in [1.165, 1.54) is 14.2 Å². The molecule has 1 amide bonds. The van der Waals surface area contributed by atoms with E-state index in [2.05, 4.69) is 4.79 Å². The van der Waals surface area contributed by atoms with Gasteiger partial charge in [0.15, 0.2) is 0 Å². The molecule has 0 aromatic heterocycles. The number of amides is 1. The molecule has 0 aliphatic rings. The molecular formula is C10H11N3O2. The first-order valence-electron chi connectivity index (χ1n) is 4.30. The highest BCUT2D eigenvalue weighted by atomic mass is 16.7. The maximum Gasteiger partial charge on any atom is 0.388 e. The molecule has 0 bridgehead atoms. The number of benzene rings is 1. The molecule has 5 heteroatoms. The van der Waals surface area contributed by atoms with Crippen molar-refractivity contribution >= 4 is 11.6 Å². The zero-order valence-electron chi connectivity index (χ0n) is 8.54. The van der Waals surface area contributed by atoms with Crippen molar-refractivity contribution in [3.8, 4) is 0 Å². The number of nitrogens with zero attached hydrogens (tertiary/aromatic N) is 3. The number of carbonyl (C=O) groups is 1. The van der Waals surface area contributed by atoms with E-state index in [0.717, 1.165) is 5.06 Å². The Kier molecular flexibility index (Phi) is 3.74. The summed E-state index contributed by atoms with van der Waals surface area (Å²) in [6.07, 6.45) is 0. The molecule has 0 saturated heterocycles. The Morgan fingerprint density at radius 2 is 2.00 bits per heavy atom. The first-order valence-corrected chi connectivity index (χ1v) is 4.30. The first-order chi connectivity index (χ1) is 7.20. The van der Waals surface area contributed by atoms with Crippen LogP contribution < -0.4 is 0 Å². The lowest BCUT2D eigenvalue weighted by atomic mass is 10.1. The van der Waals surface area contributed by atoms with Gasteiger partial charge in [-0.25, -0.2) is 5.06 Å². The van der Waals surface area contributed by atoms with Gasteiger partial charge in [-0.2, -0.15) is 4.79 Å². The van der Waals surface area contributed by atoms with Crippen molar-refractivity contribution in [1.29, 1.82) is 0 Å². The van der Waals surface area contributed by atoms with Gasteiger partial charge in [-0.15, -0.1) is 0 Å². The molecule has 78 valence electrons. The number of hydrogen-bond acceptors (Lipinski definition) is 2. The molecule has 0 radical (unpaired) electrons. The summed E-state index contributed by atoms with van der Waals surface area (Å²) in [6.45, 7) is 0. The standard InChI is InChI=1S/C10H11N3O2/c1-13(15-2)10(14)9(12-11)8-6-4-3-5-7-8/h3-7H,1-2H3. The fourth-order valence-electron chi connectivity index (χ4n) is 1.05. The highest BCUT2D eigenvalue weighted by Gasteiger charge is 2.26. The number of carbonyl (C=O) groups excluding carboxylic acids is 1.